The number of carboxylic acids is 2. The van der Waals surface area contributed by atoms with Gasteiger partial charge in [-0.15, -0.1) is 0 Å². The number of hydrogen-bond acceptors (Lipinski definition) is 3. The van der Waals surface area contributed by atoms with Gasteiger partial charge in [0.1, 0.15) is 0 Å². The fraction of sp³-hybridized carbons (Fsp3) is 0.833. The van der Waals surface area contributed by atoms with E-state index >= 15 is 0 Å². The van der Waals surface area contributed by atoms with Gasteiger partial charge in [-0.05, 0) is 24.8 Å². The molecule has 1 rings (SSSR count). The summed E-state index contributed by atoms with van der Waals surface area (Å²) in [6.07, 6.45) is 5.56. The van der Waals surface area contributed by atoms with Gasteiger partial charge in [0.2, 0.25) is 0 Å². The molecule has 0 radical (unpaired) electrons. The highest BCUT2D eigenvalue weighted by molar-refractivity contribution is 6.27. The predicted octanol–water partition coefficient (Wildman–Crippen LogP) is 1.72. The molecule has 0 aromatic rings. The monoisotopic (exact) mass is 245 g/mol. The highest BCUT2D eigenvalue weighted by Gasteiger charge is 2.24. The Morgan fingerprint density at radius 3 is 2.00 bits per heavy atom. The van der Waals surface area contributed by atoms with E-state index in [1.54, 1.807) is 0 Å². The van der Waals surface area contributed by atoms with Crippen molar-refractivity contribution < 1.29 is 19.8 Å². The molecule has 3 N–H and O–H groups in total. The third-order valence-electron chi connectivity index (χ3n) is 2.79. The lowest BCUT2D eigenvalue weighted by atomic mass is 9.84. The molecule has 1 fully saturated rings. The van der Waals surface area contributed by atoms with Crippen LogP contribution in [0.5, 0.6) is 0 Å². The van der Waals surface area contributed by atoms with Gasteiger partial charge in [-0.3, -0.25) is 0 Å². The average Bonchev–Trinajstić information content (AvgIpc) is 2.45. The SMILES string of the molecule is CC(C)(C)C1CCCCCN1.O=C(O)C(=O)O. The fourth-order valence-corrected chi connectivity index (χ4v) is 1.77. The summed E-state index contributed by atoms with van der Waals surface area (Å²) in [5, 5.41) is 18.4. The zero-order chi connectivity index (χ0) is 13.5. The molecule has 1 heterocycles. The molecule has 1 atom stereocenters. The Hall–Kier alpha value is -1.10. The zero-order valence-corrected chi connectivity index (χ0v) is 10.8. The van der Waals surface area contributed by atoms with Crippen LogP contribution in [0.4, 0.5) is 0 Å². The molecule has 1 aliphatic heterocycles. The van der Waals surface area contributed by atoms with Gasteiger partial charge in [0.15, 0.2) is 0 Å². The predicted molar refractivity (Wildman–Crippen MR) is 65.0 cm³/mol. The Kier molecular flexibility index (Phi) is 6.80. The van der Waals surface area contributed by atoms with Gasteiger partial charge in [0.25, 0.3) is 0 Å². The van der Waals surface area contributed by atoms with Gasteiger partial charge in [0.05, 0.1) is 0 Å². The standard InChI is InChI=1S/C10H21N.C2H2O4/c1-10(2,3)9-7-5-4-6-8-11-9;3-1(4)2(5)6/h9,11H,4-8H2,1-3H3;(H,3,4)(H,5,6). The zero-order valence-electron chi connectivity index (χ0n) is 10.8. The van der Waals surface area contributed by atoms with Crippen molar-refractivity contribution in [2.24, 2.45) is 5.41 Å². The molecule has 0 saturated carbocycles. The molecule has 0 aliphatic carbocycles. The molecular formula is C12H23NO4. The molecule has 100 valence electrons. The molecule has 0 bridgehead atoms. The van der Waals surface area contributed by atoms with E-state index in [4.69, 9.17) is 19.8 Å². The lowest BCUT2D eigenvalue weighted by Gasteiger charge is -2.30. The van der Waals surface area contributed by atoms with E-state index in [-0.39, 0.29) is 0 Å². The Bertz CT molecular complexity index is 238. The van der Waals surface area contributed by atoms with Crippen LogP contribution in [0.1, 0.15) is 46.5 Å². The molecule has 5 heteroatoms. The van der Waals surface area contributed by atoms with Gasteiger partial charge in [-0.2, -0.15) is 0 Å². The molecule has 1 unspecified atom stereocenters. The third-order valence-corrected chi connectivity index (χ3v) is 2.79. The minimum absolute atomic E-state index is 0.449. The maximum atomic E-state index is 9.10. The molecule has 0 spiro atoms. The highest BCUT2D eigenvalue weighted by Crippen LogP contribution is 2.25. The van der Waals surface area contributed by atoms with Crippen LogP contribution in [0, 0.1) is 5.41 Å². The van der Waals surface area contributed by atoms with Gasteiger partial charge in [-0.1, -0.05) is 33.6 Å². The summed E-state index contributed by atoms with van der Waals surface area (Å²) in [5.74, 6) is -3.65. The van der Waals surface area contributed by atoms with Crippen molar-refractivity contribution in [3.05, 3.63) is 0 Å². The maximum Gasteiger partial charge on any atom is 0.414 e. The Labute approximate surface area is 102 Å². The van der Waals surface area contributed by atoms with Gasteiger partial charge < -0.3 is 15.5 Å². The van der Waals surface area contributed by atoms with Crippen molar-refractivity contribution in [1.29, 1.82) is 0 Å². The third kappa shape index (κ3) is 7.74. The lowest BCUT2D eigenvalue weighted by Crippen LogP contribution is -2.39. The van der Waals surface area contributed by atoms with E-state index < -0.39 is 11.9 Å². The Morgan fingerprint density at radius 1 is 1.06 bits per heavy atom. The number of rotatable bonds is 0. The fourth-order valence-electron chi connectivity index (χ4n) is 1.77. The molecule has 1 aliphatic rings. The van der Waals surface area contributed by atoms with Crippen molar-refractivity contribution >= 4 is 11.9 Å². The number of aliphatic carboxylic acids is 2. The van der Waals surface area contributed by atoms with Crippen molar-refractivity contribution in [1.82, 2.24) is 5.32 Å². The van der Waals surface area contributed by atoms with E-state index in [0.29, 0.717) is 5.41 Å². The topological polar surface area (TPSA) is 86.6 Å². The van der Waals surface area contributed by atoms with Crippen molar-refractivity contribution in [2.45, 2.75) is 52.5 Å². The first-order valence-corrected chi connectivity index (χ1v) is 5.94. The molecule has 0 aromatic carbocycles. The second-order valence-corrected chi connectivity index (χ2v) is 5.33. The van der Waals surface area contributed by atoms with Gasteiger partial charge >= 0.3 is 11.9 Å². The summed E-state index contributed by atoms with van der Waals surface area (Å²) in [7, 11) is 0. The second kappa shape index (κ2) is 7.27. The van der Waals surface area contributed by atoms with Crippen molar-refractivity contribution in [3.63, 3.8) is 0 Å². The van der Waals surface area contributed by atoms with Gasteiger partial charge in [0, 0.05) is 6.04 Å². The number of carbonyl (C=O) groups is 2. The van der Waals surface area contributed by atoms with E-state index in [1.807, 2.05) is 0 Å². The molecule has 5 nitrogen and oxygen atoms in total. The second-order valence-electron chi connectivity index (χ2n) is 5.33. The number of hydrogen-bond donors (Lipinski definition) is 3. The van der Waals surface area contributed by atoms with Gasteiger partial charge in [-0.25, -0.2) is 9.59 Å². The molecule has 1 saturated heterocycles. The summed E-state index contributed by atoms with van der Waals surface area (Å²) >= 11 is 0. The van der Waals surface area contributed by atoms with Crippen LogP contribution in [-0.2, 0) is 9.59 Å². The molecule has 0 amide bonds. The maximum absolute atomic E-state index is 9.10. The first-order valence-electron chi connectivity index (χ1n) is 5.94. The van der Waals surface area contributed by atoms with Crippen LogP contribution in [0.2, 0.25) is 0 Å². The van der Waals surface area contributed by atoms with Crippen LogP contribution < -0.4 is 5.32 Å². The molecule has 0 aromatic heterocycles. The summed E-state index contributed by atoms with van der Waals surface area (Å²) in [6.45, 7) is 8.21. The normalized spacial score (nSPS) is 20.8. The number of nitrogens with one attached hydrogen (secondary N) is 1. The van der Waals surface area contributed by atoms with Crippen molar-refractivity contribution in [2.75, 3.05) is 6.54 Å². The summed E-state index contributed by atoms with van der Waals surface area (Å²) in [5.41, 5.74) is 0.449. The number of carboxylic acid groups (broad SMARTS) is 2. The van der Waals surface area contributed by atoms with Crippen LogP contribution >= 0.6 is 0 Å². The van der Waals surface area contributed by atoms with Crippen LogP contribution in [0.3, 0.4) is 0 Å². The largest absolute Gasteiger partial charge is 0.473 e. The van der Waals surface area contributed by atoms with E-state index in [2.05, 4.69) is 26.1 Å². The first kappa shape index (κ1) is 15.9. The minimum atomic E-state index is -1.82. The average molecular weight is 245 g/mol. The van der Waals surface area contributed by atoms with Crippen molar-refractivity contribution in [3.8, 4) is 0 Å². The van der Waals surface area contributed by atoms with Crippen LogP contribution in [0.25, 0.3) is 0 Å². The summed E-state index contributed by atoms with van der Waals surface area (Å²) < 4.78 is 0. The summed E-state index contributed by atoms with van der Waals surface area (Å²) in [6, 6.07) is 0.741. The summed E-state index contributed by atoms with van der Waals surface area (Å²) in [4.78, 5) is 18.2. The van der Waals surface area contributed by atoms with E-state index in [1.165, 1.54) is 32.2 Å². The van der Waals surface area contributed by atoms with E-state index in [9.17, 15) is 0 Å². The quantitative estimate of drug-likeness (QED) is 0.566. The van der Waals surface area contributed by atoms with Crippen LogP contribution in [0.15, 0.2) is 0 Å². The van der Waals surface area contributed by atoms with Crippen LogP contribution in [-0.4, -0.2) is 34.7 Å². The Morgan fingerprint density at radius 2 is 1.59 bits per heavy atom. The first-order chi connectivity index (χ1) is 7.75. The Balaban J connectivity index is 0.000000366. The smallest absolute Gasteiger partial charge is 0.414 e. The highest BCUT2D eigenvalue weighted by atomic mass is 16.4. The minimum Gasteiger partial charge on any atom is -0.473 e. The lowest BCUT2D eigenvalue weighted by molar-refractivity contribution is -0.159. The molecule has 17 heavy (non-hydrogen) atoms. The molecular weight excluding hydrogens is 222 g/mol. The van der Waals surface area contributed by atoms with E-state index in [0.717, 1.165) is 6.04 Å².